The van der Waals surface area contributed by atoms with E-state index in [1.54, 1.807) is 0 Å². The van der Waals surface area contributed by atoms with Gasteiger partial charge in [0.1, 0.15) is 5.76 Å². The van der Waals surface area contributed by atoms with Gasteiger partial charge in [-0.15, -0.1) is 0 Å². The maximum atomic E-state index is 12.3. The first kappa shape index (κ1) is 11.7. The van der Waals surface area contributed by atoms with Crippen molar-refractivity contribution in [2.45, 2.75) is 31.7 Å². The molecule has 5 heteroatoms. The molecule has 2 saturated heterocycles. The molecule has 2 fully saturated rings. The third-order valence-electron chi connectivity index (χ3n) is 4.06. The van der Waals surface area contributed by atoms with E-state index in [1.807, 2.05) is 24.9 Å². The maximum absolute atomic E-state index is 12.3. The summed E-state index contributed by atoms with van der Waals surface area (Å²) in [5.41, 5.74) is 0.983. The Kier molecular flexibility index (Phi) is 2.86. The largest absolute Gasteiger partial charge is 0.361 e. The number of carbonyl (C=O) groups is 1. The van der Waals surface area contributed by atoms with Crippen molar-refractivity contribution in [1.82, 2.24) is 15.0 Å². The SMILES string of the molecule is Cc1cc(C2CN(C(=O)[C@H]3CCCN3C)C2)no1. The molecule has 0 spiro atoms. The minimum absolute atomic E-state index is 0.102. The van der Waals surface area contributed by atoms with Crippen molar-refractivity contribution in [3.05, 3.63) is 17.5 Å². The topological polar surface area (TPSA) is 49.6 Å². The summed E-state index contributed by atoms with van der Waals surface area (Å²) < 4.78 is 5.07. The fraction of sp³-hybridized carbons (Fsp3) is 0.692. The monoisotopic (exact) mass is 249 g/mol. The lowest BCUT2D eigenvalue weighted by molar-refractivity contribution is -0.140. The molecule has 98 valence electrons. The number of hydrogen-bond donors (Lipinski definition) is 0. The Labute approximate surface area is 107 Å². The summed E-state index contributed by atoms with van der Waals surface area (Å²) in [5, 5.41) is 4.02. The van der Waals surface area contributed by atoms with Crippen LogP contribution in [0.2, 0.25) is 0 Å². The minimum atomic E-state index is 0.102. The van der Waals surface area contributed by atoms with Crippen LogP contribution in [-0.2, 0) is 4.79 Å². The molecule has 0 aliphatic carbocycles. The molecule has 1 amide bonds. The van der Waals surface area contributed by atoms with Crippen LogP contribution in [0.5, 0.6) is 0 Å². The smallest absolute Gasteiger partial charge is 0.239 e. The summed E-state index contributed by atoms with van der Waals surface area (Å²) in [7, 11) is 2.04. The number of likely N-dealkylation sites (tertiary alicyclic amines) is 2. The summed E-state index contributed by atoms with van der Waals surface area (Å²) in [6.45, 7) is 4.51. The fourth-order valence-corrected chi connectivity index (χ4v) is 2.86. The van der Waals surface area contributed by atoms with Crippen molar-refractivity contribution < 1.29 is 9.32 Å². The van der Waals surface area contributed by atoms with Crippen LogP contribution in [0, 0.1) is 6.92 Å². The van der Waals surface area contributed by atoms with Gasteiger partial charge in [-0.25, -0.2) is 0 Å². The van der Waals surface area contributed by atoms with Gasteiger partial charge in [-0.05, 0) is 33.4 Å². The number of carbonyl (C=O) groups excluding carboxylic acids is 1. The normalized spacial score (nSPS) is 25.4. The molecule has 1 atom stereocenters. The highest BCUT2D eigenvalue weighted by molar-refractivity contribution is 5.83. The highest BCUT2D eigenvalue weighted by atomic mass is 16.5. The maximum Gasteiger partial charge on any atom is 0.239 e. The Morgan fingerprint density at radius 1 is 1.50 bits per heavy atom. The van der Waals surface area contributed by atoms with Crippen LogP contribution >= 0.6 is 0 Å². The van der Waals surface area contributed by atoms with Crippen LogP contribution in [0.1, 0.15) is 30.2 Å². The van der Waals surface area contributed by atoms with Crippen LogP contribution in [-0.4, -0.2) is 53.6 Å². The van der Waals surface area contributed by atoms with Gasteiger partial charge in [0.25, 0.3) is 0 Å². The standard InChI is InChI=1S/C13H19N3O2/c1-9-6-11(14-18-9)10-7-16(8-10)13(17)12-4-3-5-15(12)2/h6,10,12H,3-5,7-8H2,1-2H3/t12-/m1/s1. The Morgan fingerprint density at radius 2 is 2.28 bits per heavy atom. The van der Waals surface area contributed by atoms with Crippen LogP contribution in [0.3, 0.4) is 0 Å². The molecule has 1 aromatic heterocycles. The molecule has 2 aliphatic heterocycles. The van der Waals surface area contributed by atoms with Crippen molar-refractivity contribution >= 4 is 5.91 Å². The molecule has 0 bridgehead atoms. The molecule has 0 radical (unpaired) electrons. The lowest BCUT2D eigenvalue weighted by Gasteiger charge is -2.40. The molecule has 0 saturated carbocycles. The van der Waals surface area contributed by atoms with E-state index in [0.717, 1.165) is 43.9 Å². The van der Waals surface area contributed by atoms with Gasteiger partial charge in [-0.1, -0.05) is 5.16 Å². The molecule has 0 unspecified atom stereocenters. The molecule has 5 nitrogen and oxygen atoms in total. The Morgan fingerprint density at radius 3 is 2.83 bits per heavy atom. The Balaban J connectivity index is 1.57. The van der Waals surface area contributed by atoms with Gasteiger partial charge < -0.3 is 9.42 Å². The van der Waals surface area contributed by atoms with E-state index in [0.29, 0.717) is 5.92 Å². The van der Waals surface area contributed by atoms with Crippen molar-refractivity contribution in [3.8, 4) is 0 Å². The van der Waals surface area contributed by atoms with E-state index in [1.165, 1.54) is 0 Å². The van der Waals surface area contributed by atoms with E-state index in [-0.39, 0.29) is 11.9 Å². The summed E-state index contributed by atoms with van der Waals surface area (Å²) in [6, 6.07) is 2.07. The molecule has 0 aromatic carbocycles. The summed E-state index contributed by atoms with van der Waals surface area (Å²) >= 11 is 0. The number of aryl methyl sites for hydroxylation is 1. The van der Waals surface area contributed by atoms with E-state index in [4.69, 9.17) is 4.52 Å². The zero-order valence-corrected chi connectivity index (χ0v) is 10.9. The molecule has 3 heterocycles. The fourth-order valence-electron chi connectivity index (χ4n) is 2.86. The second-order valence-corrected chi connectivity index (χ2v) is 5.44. The van der Waals surface area contributed by atoms with E-state index >= 15 is 0 Å². The average molecular weight is 249 g/mol. The van der Waals surface area contributed by atoms with Gasteiger partial charge in [-0.3, -0.25) is 9.69 Å². The predicted molar refractivity (Wildman–Crippen MR) is 66.2 cm³/mol. The lowest BCUT2D eigenvalue weighted by atomic mass is 9.95. The summed E-state index contributed by atoms with van der Waals surface area (Å²) in [5.74, 6) is 1.48. The highest BCUT2D eigenvalue weighted by Gasteiger charge is 2.39. The molecule has 3 rings (SSSR count). The van der Waals surface area contributed by atoms with Gasteiger partial charge in [0.05, 0.1) is 11.7 Å². The predicted octanol–water partition coefficient (Wildman–Crippen LogP) is 1.00. The first-order valence-electron chi connectivity index (χ1n) is 6.57. The van der Waals surface area contributed by atoms with Crippen molar-refractivity contribution in [1.29, 1.82) is 0 Å². The van der Waals surface area contributed by atoms with Crippen molar-refractivity contribution in [2.75, 3.05) is 26.7 Å². The van der Waals surface area contributed by atoms with Gasteiger partial charge in [0.2, 0.25) is 5.91 Å². The Hall–Kier alpha value is -1.36. The minimum Gasteiger partial charge on any atom is -0.361 e. The van der Waals surface area contributed by atoms with Gasteiger partial charge in [-0.2, -0.15) is 0 Å². The number of hydrogen-bond acceptors (Lipinski definition) is 4. The second kappa shape index (κ2) is 4.39. The number of rotatable bonds is 2. The number of aromatic nitrogens is 1. The highest BCUT2D eigenvalue weighted by Crippen LogP contribution is 2.29. The first-order valence-corrected chi connectivity index (χ1v) is 6.57. The number of amides is 1. The van der Waals surface area contributed by atoms with Crippen LogP contribution in [0.4, 0.5) is 0 Å². The number of likely N-dealkylation sites (N-methyl/N-ethyl adjacent to an activating group) is 1. The third-order valence-corrected chi connectivity index (χ3v) is 4.06. The molecular formula is C13H19N3O2. The molecule has 2 aliphatic rings. The molecular weight excluding hydrogens is 230 g/mol. The average Bonchev–Trinajstić information content (AvgIpc) is 2.85. The Bertz CT molecular complexity index is 451. The lowest BCUT2D eigenvalue weighted by Crippen LogP contribution is -2.54. The van der Waals surface area contributed by atoms with E-state index < -0.39 is 0 Å². The van der Waals surface area contributed by atoms with Crippen LogP contribution in [0.25, 0.3) is 0 Å². The van der Waals surface area contributed by atoms with E-state index in [2.05, 4.69) is 10.1 Å². The second-order valence-electron chi connectivity index (χ2n) is 5.44. The molecule has 0 N–H and O–H groups in total. The number of nitrogens with zero attached hydrogens (tertiary/aromatic N) is 3. The van der Waals surface area contributed by atoms with Crippen molar-refractivity contribution in [2.24, 2.45) is 0 Å². The van der Waals surface area contributed by atoms with Crippen molar-refractivity contribution in [3.63, 3.8) is 0 Å². The molecule has 18 heavy (non-hydrogen) atoms. The molecule has 1 aromatic rings. The summed E-state index contributed by atoms with van der Waals surface area (Å²) in [4.78, 5) is 16.4. The van der Waals surface area contributed by atoms with Gasteiger partial charge >= 0.3 is 0 Å². The van der Waals surface area contributed by atoms with Gasteiger partial charge in [0.15, 0.2) is 0 Å². The van der Waals surface area contributed by atoms with E-state index in [9.17, 15) is 4.79 Å². The zero-order valence-electron chi connectivity index (χ0n) is 10.9. The zero-order chi connectivity index (χ0) is 12.7. The van der Waals surface area contributed by atoms with Crippen LogP contribution < -0.4 is 0 Å². The van der Waals surface area contributed by atoms with Gasteiger partial charge in [0, 0.05) is 25.1 Å². The quantitative estimate of drug-likeness (QED) is 0.784. The van der Waals surface area contributed by atoms with Crippen LogP contribution in [0.15, 0.2) is 10.6 Å². The third kappa shape index (κ3) is 1.92. The summed E-state index contributed by atoms with van der Waals surface area (Å²) in [6.07, 6.45) is 2.13. The first-order chi connectivity index (χ1) is 8.65.